The number of amides is 3. The van der Waals surface area contributed by atoms with E-state index in [1.165, 1.54) is 12.1 Å². The van der Waals surface area contributed by atoms with Crippen LogP contribution in [-0.4, -0.2) is 33.4 Å². The first-order valence-corrected chi connectivity index (χ1v) is 8.98. The van der Waals surface area contributed by atoms with Crippen molar-refractivity contribution >= 4 is 46.2 Å². The molecule has 1 heterocycles. The number of aromatic carboxylic acids is 1. The second-order valence-electron chi connectivity index (χ2n) is 5.98. The quantitative estimate of drug-likeness (QED) is 0.820. The van der Waals surface area contributed by atoms with Crippen LogP contribution in [-0.2, 0) is 9.59 Å². The second kappa shape index (κ2) is 7.63. The van der Waals surface area contributed by atoms with Gasteiger partial charge in [0, 0.05) is 6.42 Å². The molecule has 0 aromatic heterocycles. The first-order valence-electron chi connectivity index (χ1n) is 8.10. The van der Waals surface area contributed by atoms with E-state index in [2.05, 4.69) is 5.32 Å². The highest BCUT2D eigenvalue weighted by Gasteiger charge is 2.41. The molecule has 2 aromatic carbocycles. The third kappa shape index (κ3) is 4.01. The number of carboxylic acids is 1. The number of anilines is 2. The molecule has 138 valence electrons. The predicted molar refractivity (Wildman–Crippen MR) is 102 cm³/mol. The smallest absolute Gasteiger partial charge is 0.337 e. The van der Waals surface area contributed by atoms with Gasteiger partial charge in [-0.2, -0.15) is 0 Å². The van der Waals surface area contributed by atoms with Gasteiger partial charge in [0.25, 0.3) is 5.24 Å². The molecule has 2 aromatic rings. The summed E-state index contributed by atoms with van der Waals surface area (Å²) in [5.41, 5.74) is 1.56. The first-order chi connectivity index (χ1) is 12.9. The number of benzene rings is 2. The van der Waals surface area contributed by atoms with E-state index in [0.717, 1.165) is 22.2 Å². The zero-order valence-corrected chi connectivity index (χ0v) is 15.2. The van der Waals surface area contributed by atoms with Crippen molar-refractivity contribution in [3.63, 3.8) is 0 Å². The molecule has 1 fully saturated rings. The summed E-state index contributed by atoms with van der Waals surface area (Å²) in [7, 11) is 0. The van der Waals surface area contributed by atoms with E-state index in [4.69, 9.17) is 5.11 Å². The van der Waals surface area contributed by atoms with E-state index < -0.39 is 28.3 Å². The molecule has 7 nitrogen and oxygen atoms in total. The second-order valence-corrected chi connectivity index (χ2v) is 7.14. The molecule has 27 heavy (non-hydrogen) atoms. The van der Waals surface area contributed by atoms with E-state index in [1.54, 1.807) is 36.4 Å². The Morgan fingerprint density at radius 3 is 2.44 bits per heavy atom. The summed E-state index contributed by atoms with van der Waals surface area (Å²) in [5.74, 6) is -2.17. The van der Waals surface area contributed by atoms with E-state index >= 15 is 0 Å². The van der Waals surface area contributed by atoms with Crippen LogP contribution in [0.1, 0.15) is 22.3 Å². The van der Waals surface area contributed by atoms with E-state index in [1.807, 2.05) is 6.92 Å². The Balaban J connectivity index is 1.70. The number of imide groups is 1. The zero-order chi connectivity index (χ0) is 19.6. The third-order valence-electron chi connectivity index (χ3n) is 4.02. The van der Waals surface area contributed by atoms with E-state index in [0.29, 0.717) is 5.69 Å². The molecule has 0 bridgehead atoms. The zero-order valence-electron chi connectivity index (χ0n) is 14.3. The van der Waals surface area contributed by atoms with Crippen LogP contribution >= 0.6 is 11.8 Å². The molecule has 0 spiro atoms. The molecule has 3 rings (SSSR count). The van der Waals surface area contributed by atoms with Gasteiger partial charge in [-0.3, -0.25) is 14.4 Å². The Labute approximate surface area is 159 Å². The number of thioether (sulfide) groups is 1. The lowest BCUT2D eigenvalue weighted by Crippen LogP contribution is -2.33. The van der Waals surface area contributed by atoms with Crippen molar-refractivity contribution in [1.29, 1.82) is 0 Å². The third-order valence-corrected chi connectivity index (χ3v) is 5.05. The van der Waals surface area contributed by atoms with Crippen molar-refractivity contribution < 1.29 is 24.3 Å². The number of hydrogen-bond acceptors (Lipinski definition) is 5. The molecule has 0 saturated carbocycles. The summed E-state index contributed by atoms with van der Waals surface area (Å²) in [4.78, 5) is 49.3. The van der Waals surface area contributed by atoms with Gasteiger partial charge in [-0.25, -0.2) is 9.69 Å². The van der Waals surface area contributed by atoms with Gasteiger partial charge >= 0.3 is 5.97 Å². The fourth-order valence-corrected chi connectivity index (χ4v) is 3.65. The van der Waals surface area contributed by atoms with Crippen LogP contribution < -0.4 is 10.2 Å². The molecule has 2 N–H and O–H groups in total. The molecule has 3 amide bonds. The minimum atomic E-state index is -1.17. The summed E-state index contributed by atoms with van der Waals surface area (Å²) < 4.78 is 0. The minimum Gasteiger partial charge on any atom is -0.478 e. The highest BCUT2D eigenvalue weighted by molar-refractivity contribution is 8.15. The van der Waals surface area contributed by atoms with Crippen LogP contribution in [0.2, 0.25) is 0 Å². The molecule has 1 unspecified atom stereocenters. The summed E-state index contributed by atoms with van der Waals surface area (Å²) in [6.45, 7) is 1.90. The van der Waals surface area contributed by atoms with Crippen molar-refractivity contribution in [1.82, 2.24) is 0 Å². The molecule has 1 aliphatic heterocycles. The summed E-state index contributed by atoms with van der Waals surface area (Å²) in [6.07, 6.45) is -0.231. The summed E-state index contributed by atoms with van der Waals surface area (Å²) in [6, 6.07) is 12.9. The fourth-order valence-electron chi connectivity index (χ4n) is 2.66. The highest BCUT2D eigenvalue weighted by Crippen LogP contribution is 2.33. The maximum atomic E-state index is 12.6. The highest BCUT2D eigenvalue weighted by atomic mass is 32.2. The SMILES string of the molecule is Cc1ccc(N2C(=O)SC(CC(=O)Nc3ccccc3C(=O)O)C2=O)cc1. The van der Waals surface area contributed by atoms with Crippen LogP contribution in [0.3, 0.4) is 0 Å². The lowest BCUT2D eigenvalue weighted by atomic mass is 10.1. The Hall–Kier alpha value is -3.13. The largest absolute Gasteiger partial charge is 0.478 e. The molecule has 1 saturated heterocycles. The van der Waals surface area contributed by atoms with Crippen LogP contribution in [0.25, 0.3) is 0 Å². The number of nitrogens with one attached hydrogen (secondary N) is 1. The maximum absolute atomic E-state index is 12.6. The van der Waals surface area contributed by atoms with Gasteiger partial charge in [-0.1, -0.05) is 29.8 Å². The average Bonchev–Trinajstić information content (AvgIpc) is 2.89. The lowest BCUT2D eigenvalue weighted by molar-refractivity contribution is -0.121. The van der Waals surface area contributed by atoms with Gasteiger partial charge < -0.3 is 10.4 Å². The Bertz CT molecular complexity index is 926. The summed E-state index contributed by atoms with van der Waals surface area (Å²) >= 11 is 0.790. The number of rotatable bonds is 5. The monoisotopic (exact) mass is 384 g/mol. The first kappa shape index (κ1) is 18.7. The molecule has 0 radical (unpaired) electrons. The predicted octanol–water partition coefficient (Wildman–Crippen LogP) is 3.29. The molecule has 1 aliphatic rings. The van der Waals surface area contributed by atoms with E-state index in [-0.39, 0.29) is 17.7 Å². The van der Waals surface area contributed by atoms with Gasteiger partial charge in [0.2, 0.25) is 11.8 Å². The molecule has 1 atom stereocenters. The average molecular weight is 384 g/mol. The number of carbonyl (C=O) groups is 4. The lowest BCUT2D eigenvalue weighted by Gasteiger charge is -2.14. The number of aryl methyl sites for hydroxylation is 1. The Morgan fingerprint density at radius 1 is 1.11 bits per heavy atom. The van der Waals surface area contributed by atoms with Crippen molar-refractivity contribution in [2.45, 2.75) is 18.6 Å². The molecular weight excluding hydrogens is 368 g/mol. The number of carboxylic acid groups (broad SMARTS) is 1. The van der Waals surface area contributed by atoms with Gasteiger partial charge in [-0.15, -0.1) is 0 Å². The Morgan fingerprint density at radius 2 is 1.78 bits per heavy atom. The summed E-state index contributed by atoms with van der Waals surface area (Å²) in [5, 5.41) is 10.4. The van der Waals surface area contributed by atoms with Crippen molar-refractivity contribution in [2.75, 3.05) is 10.2 Å². The standard InChI is InChI=1S/C19H16N2O5S/c1-11-6-8-12(9-7-11)21-17(23)15(27-19(21)26)10-16(22)20-14-5-3-2-4-13(14)18(24)25/h2-9,15H,10H2,1H3,(H,20,22)(H,24,25). The van der Waals surface area contributed by atoms with Gasteiger partial charge in [-0.05, 0) is 43.0 Å². The number of hydrogen-bond donors (Lipinski definition) is 2. The van der Waals surface area contributed by atoms with Crippen LogP contribution in [0, 0.1) is 6.92 Å². The molecule has 0 aliphatic carbocycles. The van der Waals surface area contributed by atoms with E-state index in [9.17, 15) is 19.2 Å². The minimum absolute atomic E-state index is 0.0476. The van der Waals surface area contributed by atoms with Crippen molar-refractivity contribution in [2.24, 2.45) is 0 Å². The molecular formula is C19H16N2O5S. The van der Waals surface area contributed by atoms with Gasteiger partial charge in [0.05, 0.1) is 16.9 Å². The number of para-hydroxylation sites is 1. The van der Waals surface area contributed by atoms with Gasteiger partial charge in [0.15, 0.2) is 0 Å². The molecule has 8 heteroatoms. The van der Waals surface area contributed by atoms with Crippen LogP contribution in [0.4, 0.5) is 16.2 Å². The van der Waals surface area contributed by atoms with Crippen LogP contribution in [0.5, 0.6) is 0 Å². The fraction of sp³-hybridized carbons (Fsp3) is 0.158. The Kier molecular flexibility index (Phi) is 5.27. The normalized spacial score (nSPS) is 16.5. The van der Waals surface area contributed by atoms with Crippen molar-refractivity contribution in [3.05, 3.63) is 59.7 Å². The number of carbonyl (C=O) groups excluding carboxylic acids is 3. The van der Waals surface area contributed by atoms with Crippen molar-refractivity contribution in [3.8, 4) is 0 Å². The van der Waals surface area contributed by atoms with Crippen LogP contribution in [0.15, 0.2) is 48.5 Å². The van der Waals surface area contributed by atoms with Gasteiger partial charge in [0.1, 0.15) is 5.25 Å². The topological polar surface area (TPSA) is 104 Å². The number of nitrogens with zero attached hydrogens (tertiary/aromatic N) is 1. The maximum Gasteiger partial charge on any atom is 0.337 e.